The van der Waals surface area contributed by atoms with Crippen molar-refractivity contribution in [2.75, 3.05) is 19.6 Å². The number of nitrogens with zero attached hydrogens (tertiary/aromatic N) is 2. The van der Waals surface area contributed by atoms with Gasteiger partial charge < -0.3 is 14.3 Å². The molecule has 29 heavy (non-hydrogen) atoms. The summed E-state index contributed by atoms with van der Waals surface area (Å²) in [5, 5.41) is 3.02. The van der Waals surface area contributed by atoms with Crippen LogP contribution in [0.3, 0.4) is 0 Å². The molecular formula is C23H25N3O3. The quantitative estimate of drug-likeness (QED) is 0.672. The summed E-state index contributed by atoms with van der Waals surface area (Å²) < 4.78 is 7.22. The van der Waals surface area contributed by atoms with Crippen LogP contribution < -0.4 is 10.9 Å². The average molecular weight is 391 g/mol. The van der Waals surface area contributed by atoms with Gasteiger partial charge in [-0.2, -0.15) is 0 Å². The maximum atomic E-state index is 12.6. The number of nitrogens with one attached hydrogen (secondary N) is 1. The largest absolute Gasteiger partial charge is 0.454 e. The number of furan rings is 1. The minimum absolute atomic E-state index is 0.105. The minimum Gasteiger partial charge on any atom is -0.454 e. The Morgan fingerprint density at radius 2 is 1.76 bits per heavy atom. The highest BCUT2D eigenvalue weighted by molar-refractivity contribution is 5.91. The summed E-state index contributed by atoms with van der Waals surface area (Å²) >= 11 is 0. The lowest BCUT2D eigenvalue weighted by Crippen LogP contribution is -2.36. The first-order valence-corrected chi connectivity index (χ1v) is 10.0. The third-order valence-electron chi connectivity index (χ3n) is 5.33. The van der Waals surface area contributed by atoms with E-state index in [1.807, 2.05) is 18.2 Å². The van der Waals surface area contributed by atoms with Crippen LogP contribution in [0.1, 0.15) is 40.8 Å². The predicted molar refractivity (Wildman–Crippen MR) is 111 cm³/mol. The van der Waals surface area contributed by atoms with Crippen LogP contribution in [0.2, 0.25) is 0 Å². The fourth-order valence-electron chi connectivity index (χ4n) is 3.81. The van der Waals surface area contributed by atoms with Gasteiger partial charge in [0.05, 0.1) is 12.6 Å². The lowest BCUT2D eigenvalue weighted by atomic mass is 10.1. The summed E-state index contributed by atoms with van der Waals surface area (Å²) in [6.07, 6.45) is 4.08. The Bertz CT molecular complexity index is 1000. The molecule has 4 rings (SSSR count). The van der Waals surface area contributed by atoms with Gasteiger partial charge in [0.25, 0.3) is 11.5 Å². The molecule has 0 radical (unpaired) electrons. The number of carbonyl (C=O) groups is 1. The topological polar surface area (TPSA) is 67.5 Å². The SMILES string of the molecule is O=C(NCC(c1ccccc1)N1CCCC1)c1ccc(Cn2ccccc2=O)o1. The van der Waals surface area contributed by atoms with Crippen molar-refractivity contribution in [1.82, 2.24) is 14.8 Å². The zero-order chi connectivity index (χ0) is 20.1. The highest BCUT2D eigenvalue weighted by atomic mass is 16.4. The summed E-state index contributed by atoms with van der Waals surface area (Å²) in [7, 11) is 0. The van der Waals surface area contributed by atoms with Gasteiger partial charge in [-0.05, 0) is 49.7 Å². The Kier molecular flexibility index (Phi) is 5.91. The van der Waals surface area contributed by atoms with Crippen LogP contribution in [-0.2, 0) is 6.54 Å². The van der Waals surface area contributed by atoms with Crippen LogP contribution in [0.5, 0.6) is 0 Å². The number of aromatic nitrogens is 1. The smallest absolute Gasteiger partial charge is 0.287 e. The summed E-state index contributed by atoms with van der Waals surface area (Å²) in [5.74, 6) is 0.594. The Morgan fingerprint density at radius 3 is 2.52 bits per heavy atom. The minimum atomic E-state index is -0.239. The highest BCUT2D eigenvalue weighted by Crippen LogP contribution is 2.24. The molecule has 0 aliphatic carbocycles. The molecule has 2 aromatic heterocycles. The van der Waals surface area contributed by atoms with E-state index in [1.165, 1.54) is 24.5 Å². The molecule has 0 spiro atoms. The van der Waals surface area contributed by atoms with Crippen molar-refractivity contribution in [3.05, 3.63) is 94.3 Å². The van der Waals surface area contributed by atoms with Gasteiger partial charge >= 0.3 is 0 Å². The van der Waals surface area contributed by atoms with Crippen LogP contribution in [0.4, 0.5) is 0 Å². The Hall–Kier alpha value is -3.12. The summed E-state index contributed by atoms with van der Waals surface area (Å²) in [6.45, 7) is 2.92. The fourth-order valence-corrected chi connectivity index (χ4v) is 3.81. The van der Waals surface area contributed by atoms with E-state index >= 15 is 0 Å². The van der Waals surface area contributed by atoms with E-state index in [9.17, 15) is 9.59 Å². The average Bonchev–Trinajstić information content (AvgIpc) is 3.43. The Balaban J connectivity index is 1.41. The lowest BCUT2D eigenvalue weighted by molar-refractivity contribution is 0.0908. The first kappa shape index (κ1) is 19.2. The second-order valence-electron chi connectivity index (χ2n) is 7.31. The van der Waals surface area contributed by atoms with Gasteiger partial charge in [-0.1, -0.05) is 36.4 Å². The molecule has 1 aliphatic rings. The van der Waals surface area contributed by atoms with E-state index < -0.39 is 0 Å². The van der Waals surface area contributed by atoms with Crippen molar-refractivity contribution >= 4 is 5.91 Å². The number of benzene rings is 1. The van der Waals surface area contributed by atoms with Gasteiger partial charge in [-0.15, -0.1) is 0 Å². The van der Waals surface area contributed by atoms with Crippen molar-refractivity contribution < 1.29 is 9.21 Å². The maximum absolute atomic E-state index is 12.6. The molecule has 6 nitrogen and oxygen atoms in total. The summed E-state index contributed by atoms with van der Waals surface area (Å²) in [4.78, 5) is 26.9. The maximum Gasteiger partial charge on any atom is 0.287 e. The molecule has 0 bridgehead atoms. The molecule has 150 valence electrons. The van der Waals surface area contributed by atoms with Crippen LogP contribution >= 0.6 is 0 Å². The summed E-state index contributed by atoms with van der Waals surface area (Å²) in [5.41, 5.74) is 1.10. The molecule has 0 saturated carbocycles. The molecule has 1 saturated heterocycles. The number of carbonyl (C=O) groups excluding carboxylic acids is 1. The molecule has 1 fully saturated rings. The third kappa shape index (κ3) is 4.66. The fraction of sp³-hybridized carbons (Fsp3) is 0.304. The molecule has 1 unspecified atom stereocenters. The summed E-state index contributed by atoms with van der Waals surface area (Å²) in [6, 6.07) is 18.8. The van der Waals surface area contributed by atoms with Gasteiger partial charge in [-0.25, -0.2) is 0 Å². The standard InChI is InChI=1S/C23H25N3O3/c27-22-10-4-5-15-26(22)17-19-11-12-21(29-19)23(28)24-16-20(25-13-6-7-14-25)18-8-2-1-3-9-18/h1-5,8-12,15,20H,6-7,13-14,16-17H2,(H,24,28). The predicted octanol–water partition coefficient (Wildman–Crippen LogP) is 3.06. The number of hydrogen-bond acceptors (Lipinski definition) is 4. The number of amides is 1. The van der Waals surface area contributed by atoms with E-state index in [-0.39, 0.29) is 23.3 Å². The van der Waals surface area contributed by atoms with E-state index in [0.717, 1.165) is 13.1 Å². The van der Waals surface area contributed by atoms with E-state index in [4.69, 9.17) is 4.42 Å². The lowest BCUT2D eigenvalue weighted by Gasteiger charge is -2.28. The number of hydrogen-bond donors (Lipinski definition) is 1. The second-order valence-corrected chi connectivity index (χ2v) is 7.31. The van der Waals surface area contributed by atoms with E-state index in [0.29, 0.717) is 18.8 Å². The van der Waals surface area contributed by atoms with Crippen molar-refractivity contribution in [3.8, 4) is 0 Å². The second kappa shape index (κ2) is 8.92. The van der Waals surface area contributed by atoms with Gasteiger partial charge in [0.1, 0.15) is 5.76 Å². The number of pyridine rings is 1. The Labute approximate surface area is 169 Å². The van der Waals surface area contributed by atoms with Crippen LogP contribution in [0.25, 0.3) is 0 Å². The molecule has 1 amide bonds. The molecule has 3 aromatic rings. The van der Waals surface area contributed by atoms with Crippen LogP contribution in [0.15, 0.2) is 76.1 Å². The van der Waals surface area contributed by atoms with Gasteiger partial charge in [-0.3, -0.25) is 14.5 Å². The van der Waals surface area contributed by atoms with E-state index in [1.54, 1.807) is 35.0 Å². The van der Waals surface area contributed by atoms with Gasteiger partial charge in [0.2, 0.25) is 0 Å². The molecule has 3 heterocycles. The van der Waals surface area contributed by atoms with Crippen molar-refractivity contribution in [2.45, 2.75) is 25.4 Å². The zero-order valence-electron chi connectivity index (χ0n) is 16.3. The van der Waals surface area contributed by atoms with Crippen molar-refractivity contribution in [3.63, 3.8) is 0 Å². The zero-order valence-corrected chi connectivity index (χ0v) is 16.3. The van der Waals surface area contributed by atoms with E-state index in [2.05, 4.69) is 22.3 Å². The van der Waals surface area contributed by atoms with Crippen LogP contribution in [0, 0.1) is 0 Å². The number of rotatable bonds is 7. The molecule has 1 aromatic carbocycles. The normalized spacial score (nSPS) is 15.3. The number of likely N-dealkylation sites (tertiary alicyclic amines) is 1. The van der Waals surface area contributed by atoms with Gasteiger partial charge in [0, 0.05) is 18.8 Å². The molecule has 1 N–H and O–H groups in total. The Morgan fingerprint density at radius 1 is 1.00 bits per heavy atom. The highest BCUT2D eigenvalue weighted by Gasteiger charge is 2.24. The van der Waals surface area contributed by atoms with Crippen molar-refractivity contribution in [2.24, 2.45) is 0 Å². The first-order valence-electron chi connectivity index (χ1n) is 10.0. The first-order chi connectivity index (χ1) is 14.2. The van der Waals surface area contributed by atoms with Crippen LogP contribution in [-0.4, -0.2) is 35.0 Å². The van der Waals surface area contributed by atoms with Crippen molar-refractivity contribution in [1.29, 1.82) is 0 Å². The molecule has 1 atom stereocenters. The third-order valence-corrected chi connectivity index (χ3v) is 5.33. The molecular weight excluding hydrogens is 366 g/mol. The van der Waals surface area contributed by atoms with Gasteiger partial charge in [0.15, 0.2) is 5.76 Å². The monoisotopic (exact) mass is 391 g/mol. The molecule has 6 heteroatoms. The molecule has 1 aliphatic heterocycles.